The molecule has 0 aliphatic rings. The monoisotopic (exact) mass is 409 g/mol. The lowest BCUT2D eigenvalue weighted by Gasteiger charge is -2.10. The highest BCUT2D eigenvalue weighted by atomic mass is 16.6. The number of carbonyl (C=O) groups is 1. The van der Waals surface area contributed by atoms with E-state index < -0.39 is 4.92 Å². The standard InChI is InChI=1S/C21H23N5O4/c1-14(2)30-19-9-7-16(8-10-19)11-12-22-21(27)20-15(3)25(24-23-20)17-5-4-6-18(13-17)26(28)29/h4-10,13-14H,11-12H2,1-3H3,(H,22,27). The molecular formula is C21H23N5O4. The number of nitrogens with one attached hydrogen (secondary N) is 1. The van der Waals surface area contributed by atoms with Gasteiger partial charge in [-0.1, -0.05) is 23.4 Å². The van der Waals surface area contributed by atoms with Crippen LogP contribution >= 0.6 is 0 Å². The molecule has 0 fully saturated rings. The normalized spacial score (nSPS) is 10.8. The minimum Gasteiger partial charge on any atom is -0.491 e. The molecule has 1 heterocycles. The van der Waals surface area contributed by atoms with Crippen molar-refractivity contribution in [2.24, 2.45) is 0 Å². The Morgan fingerprint density at radius 2 is 1.97 bits per heavy atom. The van der Waals surface area contributed by atoms with Crippen LogP contribution in [0.25, 0.3) is 5.69 Å². The molecule has 2 aromatic carbocycles. The predicted molar refractivity (Wildman–Crippen MR) is 111 cm³/mol. The van der Waals surface area contributed by atoms with Gasteiger partial charge in [0.05, 0.1) is 22.4 Å². The summed E-state index contributed by atoms with van der Waals surface area (Å²) in [5.41, 5.74) is 2.17. The molecule has 9 nitrogen and oxygen atoms in total. The van der Waals surface area contributed by atoms with Gasteiger partial charge in [0.15, 0.2) is 5.69 Å². The second-order valence-corrected chi connectivity index (χ2v) is 7.03. The van der Waals surface area contributed by atoms with Crippen LogP contribution in [0.5, 0.6) is 5.75 Å². The average Bonchev–Trinajstić information content (AvgIpc) is 3.10. The van der Waals surface area contributed by atoms with Crippen molar-refractivity contribution in [3.63, 3.8) is 0 Å². The molecule has 0 bridgehead atoms. The SMILES string of the molecule is Cc1c(C(=O)NCCc2ccc(OC(C)C)cc2)nnn1-c1cccc([N+](=O)[O-])c1. The lowest BCUT2D eigenvalue weighted by Crippen LogP contribution is -2.26. The van der Waals surface area contributed by atoms with Crippen LogP contribution in [-0.2, 0) is 6.42 Å². The molecule has 1 N–H and O–H groups in total. The molecule has 1 aromatic heterocycles. The first-order valence-corrected chi connectivity index (χ1v) is 9.56. The zero-order valence-corrected chi connectivity index (χ0v) is 17.0. The average molecular weight is 409 g/mol. The molecule has 0 radical (unpaired) electrons. The summed E-state index contributed by atoms with van der Waals surface area (Å²) in [5.74, 6) is 0.468. The Labute approximate surface area is 173 Å². The van der Waals surface area contributed by atoms with Gasteiger partial charge < -0.3 is 10.1 Å². The van der Waals surface area contributed by atoms with Gasteiger partial charge >= 0.3 is 0 Å². The van der Waals surface area contributed by atoms with Gasteiger partial charge in [-0.2, -0.15) is 0 Å². The third-order valence-corrected chi connectivity index (χ3v) is 4.39. The summed E-state index contributed by atoms with van der Waals surface area (Å²) in [6, 6.07) is 13.8. The van der Waals surface area contributed by atoms with Crippen LogP contribution in [0.4, 0.5) is 5.69 Å². The fourth-order valence-electron chi connectivity index (χ4n) is 2.93. The number of carbonyl (C=O) groups excluding carboxylic acids is 1. The van der Waals surface area contributed by atoms with E-state index in [1.54, 1.807) is 19.1 Å². The molecule has 9 heteroatoms. The Morgan fingerprint density at radius 3 is 2.63 bits per heavy atom. The summed E-state index contributed by atoms with van der Waals surface area (Å²) in [7, 11) is 0. The summed E-state index contributed by atoms with van der Waals surface area (Å²) < 4.78 is 7.03. The number of ether oxygens (including phenoxy) is 1. The molecule has 0 aliphatic heterocycles. The lowest BCUT2D eigenvalue weighted by molar-refractivity contribution is -0.384. The second-order valence-electron chi connectivity index (χ2n) is 7.03. The van der Waals surface area contributed by atoms with E-state index in [0.29, 0.717) is 24.3 Å². The number of benzene rings is 2. The number of amides is 1. The number of nitro groups is 1. The van der Waals surface area contributed by atoms with Gasteiger partial charge in [-0.25, -0.2) is 4.68 Å². The summed E-state index contributed by atoms with van der Waals surface area (Å²) in [6.07, 6.45) is 0.778. The zero-order chi connectivity index (χ0) is 21.7. The number of nitro benzene ring substituents is 1. The molecule has 0 aliphatic carbocycles. The third-order valence-electron chi connectivity index (χ3n) is 4.39. The lowest BCUT2D eigenvalue weighted by atomic mass is 10.1. The number of hydrogen-bond donors (Lipinski definition) is 1. The molecule has 0 saturated heterocycles. The number of rotatable bonds is 8. The minimum atomic E-state index is -0.481. The Morgan fingerprint density at radius 1 is 1.23 bits per heavy atom. The Hall–Kier alpha value is -3.75. The molecule has 0 unspecified atom stereocenters. The van der Waals surface area contributed by atoms with Crippen LogP contribution in [0, 0.1) is 17.0 Å². The van der Waals surface area contributed by atoms with Gasteiger partial charge in [0.1, 0.15) is 5.75 Å². The van der Waals surface area contributed by atoms with E-state index in [4.69, 9.17) is 4.74 Å². The Balaban J connectivity index is 1.61. The number of hydrogen-bond acceptors (Lipinski definition) is 6. The van der Waals surface area contributed by atoms with Crippen LogP contribution in [0.1, 0.15) is 35.6 Å². The summed E-state index contributed by atoms with van der Waals surface area (Å²) >= 11 is 0. The Bertz CT molecular complexity index is 1040. The van der Waals surface area contributed by atoms with Crippen molar-refractivity contribution in [3.05, 3.63) is 75.6 Å². The van der Waals surface area contributed by atoms with Crippen LogP contribution < -0.4 is 10.1 Å². The van der Waals surface area contributed by atoms with Gasteiger partial charge in [-0.3, -0.25) is 14.9 Å². The van der Waals surface area contributed by atoms with E-state index in [1.165, 1.54) is 16.8 Å². The summed E-state index contributed by atoms with van der Waals surface area (Å²) in [6.45, 7) is 6.08. The van der Waals surface area contributed by atoms with E-state index in [9.17, 15) is 14.9 Å². The molecule has 156 valence electrons. The van der Waals surface area contributed by atoms with Gasteiger partial charge in [0.2, 0.25) is 0 Å². The first kappa shape index (κ1) is 21.0. The molecule has 3 aromatic rings. The molecule has 1 amide bonds. The zero-order valence-electron chi connectivity index (χ0n) is 17.0. The van der Waals surface area contributed by atoms with Crippen molar-refractivity contribution in [2.75, 3.05) is 6.54 Å². The highest BCUT2D eigenvalue weighted by molar-refractivity contribution is 5.93. The van der Waals surface area contributed by atoms with E-state index >= 15 is 0 Å². The molecule has 0 atom stereocenters. The predicted octanol–water partition coefficient (Wildman–Crippen LogP) is 3.24. The fourth-order valence-corrected chi connectivity index (χ4v) is 2.93. The minimum absolute atomic E-state index is 0.0572. The number of aromatic nitrogens is 3. The number of non-ortho nitro benzene ring substituents is 1. The maximum Gasteiger partial charge on any atom is 0.273 e. The second kappa shape index (κ2) is 9.17. The molecule has 3 rings (SSSR count). The van der Waals surface area contributed by atoms with Gasteiger partial charge in [0, 0.05) is 18.7 Å². The van der Waals surface area contributed by atoms with Crippen molar-refractivity contribution < 1.29 is 14.5 Å². The van der Waals surface area contributed by atoms with Crippen LogP contribution in [-0.4, -0.2) is 38.5 Å². The van der Waals surface area contributed by atoms with Crippen molar-refractivity contribution >= 4 is 11.6 Å². The van der Waals surface area contributed by atoms with E-state index in [2.05, 4.69) is 15.6 Å². The Kier molecular flexibility index (Phi) is 6.41. The third kappa shape index (κ3) is 4.99. The smallest absolute Gasteiger partial charge is 0.273 e. The molecule has 30 heavy (non-hydrogen) atoms. The van der Waals surface area contributed by atoms with E-state index in [0.717, 1.165) is 11.3 Å². The van der Waals surface area contributed by atoms with Crippen molar-refractivity contribution in [1.29, 1.82) is 0 Å². The van der Waals surface area contributed by atoms with Crippen molar-refractivity contribution in [3.8, 4) is 11.4 Å². The van der Waals surface area contributed by atoms with Crippen LogP contribution in [0.3, 0.4) is 0 Å². The first-order chi connectivity index (χ1) is 14.3. The van der Waals surface area contributed by atoms with Gasteiger partial charge in [-0.15, -0.1) is 5.10 Å². The maximum atomic E-state index is 12.5. The van der Waals surface area contributed by atoms with Crippen molar-refractivity contribution in [1.82, 2.24) is 20.3 Å². The summed E-state index contributed by atoms with van der Waals surface area (Å²) in [5, 5.41) is 21.7. The molecular weight excluding hydrogens is 386 g/mol. The van der Waals surface area contributed by atoms with Crippen molar-refractivity contribution in [2.45, 2.75) is 33.3 Å². The quantitative estimate of drug-likeness (QED) is 0.451. The first-order valence-electron chi connectivity index (χ1n) is 9.56. The highest BCUT2D eigenvalue weighted by Crippen LogP contribution is 2.18. The number of nitrogens with zero attached hydrogens (tertiary/aromatic N) is 4. The highest BCUT2D eigenvalue weighted by Gasteiger charge is 2.18. The summed E-state index contributed by atoms with van der Waals surface area (Å²) in [4.78, 5) is 23.0. The fraction of sp³-hybridized carbons (Fsp3) is 0.286. The van der Waals surface area contributed by atoms with E-state index in [1.807, 2.05) is 38.1 Å². The maximum absolute atomic E-state index is 12.5. The van der Waals surface area contributed by atoms with Gasteiger partial charge in [0.25, 0.3) is 11.6 Å². The van der Waals surface area contributed by atoms with Gasteiger partial charge in [-0.05, 0) is 51.0 Å². The molecule has 0 saturated carbocycles. The largest absolute Gasteiger partial charge is 0.491 e. The van der Waals surface area contributed by atoms with Crippen LogP contribution in [0.15, 0.2) is 48.5 Å². The van der Waals surface area contributed by atoms with E-state index in [-0.39, 0.29) is 23.4 Å². The van der Waals surface area contributed by atoms with Crippen LogP contribution in [0.2, 0.25) is 0 Å². The molecule has 0 spiro atoms. The topological polar surface area (TPSA) is 112 Å².